The molecule has 0 saturated carbocycles. The van der Waals surface area contributed by atoms with E-state index >= 15 is 0 Å². The Morgan fingerprint density at radius 2 is 2.11 bits per heavy atom. The highest BCUT2D eigenvalue weighted by Gasteiger charge is 2.26. The predicted octanol–water partition coefficient (Wildman–Crippen LogP) is 3.91. The minimum Gasteiger partial charge on any atom is -0.490 e. The van der Waals surface area contributed by atoms with E-state index in [1.54, 1.807) is 31.2 Å². The van der Waals surface area contributed by atoms with Gasteiger partial charge in [0.05, 0.1) is 0 Å². The second kappa shape index (κ2) is 9.16. The largest absolute Gasteiger partial charge is 0.490 e. The molecule has 8 heteroatoms. The van der Waals surface area contributed by atoms with Crippen LogP contribution in [0.2, 0.25) is 0 Å². The van der Waals surface area contributed by atoms with E-state index in [1.165, 1.54) is 16.8 Å². The molecular formula is C20H21F2N3O2S. The van der Waals surface area contributed by atoms with E-state index in [0.717, 1.165) is 18.2 Å². The van der Waals surface area contributed by atoms with Crippen LogP contribution in [0, 0.1) is 11.6 Å². The zero-order valence-electron chi connectivity index (χ0n) is 15.4. The summed E-state index contributed by atoms with van der Waals surface area (Å²) >= 11 is 1.23. The molecule has 2 aromatic rings. The molecule has 28 heavy (non-hydrogen) atoms. The SMILES string of the molecule is CCC(=O)N1/N=C(/c2cc(F)ccc2F)S[C@H](CCN)COc2ccccc21. The number of hydrogen-bond donors (Lipinski definition) is 1. The van der Waals surface area contributed by atoms with Gasteiger partial charge in [0.15, 0.2) is 0 Å². The number of hydrogen-bond acceptors (Lipinski definition) is 5. The first-order valence-corrected chi connectivity index (χ1v) is 9.87. The molecule has 2 aromatic carbocycles. The van der Waals surface area contributed by atoms with Crippen molar-refractivity contribution >= 4 is 28.4 Å². The molecule has 0 bridgehead atoms. The van der Waals surface area contributed by atoms with Gasteiger partial charge in [0.1, 0.15) is 34.7 Å². The van der Waals surface area contributed by atoms with Crippen LogP contribution in [0.15, 0.2) is 47.6 Å². The number of fused-ring (bicyclic) bond motifs is 1. The summed E-state index contributed by atoms with van der Waals surface area (Å²) in [6.45, 7) is 2.41. The highest BCUT2D eigenvalue weighted by atomic mass is 32.2. The van der Waals surface area contributed by atoms with Crippen LogP contribution in [0.4, 0.5) is 14.5 Å². The fourth-order valence-corrected chi connectivity index (χ4v) is 3.86. The Balaban J connectivity index is 2.18. The molecule has 0 unspecified atom stereocenters. The summed E-state index contributed by atoms with van der Waals surface area (Å²) in [7, 11) is 0. The Kier molecular flexibility index (Phi) is 6.64. The molecule has 1 aliphatic rings. The molecule has 0 aromatic heterocycles. The number of carbonyl (C=O) groups is 1. The summed E-state index contributed by atoms with van der Waals surface area (Å²) in [5.41, 5.74) is 6.17. The summed E-state index contributed by atoms with van der Waals surface area (Å²) in [4.78, 5) is 12.6. The quantitative estimate of drug-likeness (QED) is 0.837. The van der Waals surface area contributed by atoms with Crippen LogP contribution in [-0.2, 0) is 4.79 Å². The van der Waals surface area contributed by atoms with Gasteiger partial charge in [-0.05, 0) is 43.3 Å². The fraction of sp³-hybridized carbons (Fsp3) is 0.300. The second-order valence-corrected chi connectivity index (χ2v) is 7.47. The van der Waals surface area contributed by atoms with Crippen LogP contribution in [0.5, 0.6) is 5.75 Å². The first-order chi connectivity index (χ1) is 13.5. The highest BCUT2D eigenvalue weighted by Crippen LogP contribution is 2.34. The maximum atomic E-state index is 14.5. The minimum absolute atomic E-state index is 0.000283. The maximum absolute atomic E-state index is 14.5. The molecule has 0 radical (unpaired) electrons. The number of amides is 1. The Morgan fingerprint density at radius 3 is 2.86 bits per heavy atom. The van der Waals surface area contributed by atoms with Gasteiger partial charge in [-0.1, -0.05) is 30.8 Å². The van der Waals surface area contributed by atoms with E-state index < -0.39 is 11.6 Å². The molecule has 1 atom stereocenters. The molecule has 3 rings (SSSR count). The summed E-state index contributed by atoms with van der Waals surface area (Å²) < 4.78 is 34.2. The molecule has 1 heterocycles. The first kappa shape index (κ1) is 20.3. The number of rotatable bonds is 4. The van der Waals surface area contributed by atoms with Gasteiger partial charge >= 0.3 is 0 Å². The third kappa shape index (κ3) is 4.51. The van der Waals surface area contributed by atoms with Gasteiger partial charge in [-0.2, -0.15) is 10.1 Å². The van der Waals surface area contributed by atoms with Crippen molar-refractivity contribution in [2.24, 2.45) is 10.8 Å². The fourth-order valence-electron chi connectivity index (χ4n) is 2.74. The Morgan fingerprint density at radius 1 is 1.32 bits per heavy atom. The van der Waals surface area contributed by atoms with Crippen LogP contribution in [0.25, 0.3) is 0 Å². The number of thioether (sulfide) groups is 1. The van der Waals surface area contributed by atoms with Crippen molar-refractivity contribution in [2.45, 2.75) is 25.0 Å². The van der Waals surface area contributed by atoms with E-state index in [2.05, 4.69) is 5.10 Å². The summed E-state index contributed by atoms with van der Waals surface area (Å²) in [5.74, 6) is -0.990. The molecule has 2 N–H and O–H groups in total. The van der Waals surface area contributed by atoms with Gasteiger partial charge in [0, 0.05) is 17.2 Å². The topological polar surface area (TPSA) is 67.9 Å². The maximum Gasteiger partial charge on any atom is 0.247 e. The van der Waals surface area contributed by atoms with E-state index in [4.69, 9.17) is 10.5 Å². The first-order valence-electron chi connectivity index (χ1n) is 8.99. The van der Waals surface area contributed by atoms with Crippen molar-refractivity contribution in [2.75, 3.05) is 18.2 Å². The molecule has 0 fully saturated rings. The lowest BCUT2D eigenvalue weighted by molar-refractivity contribution is -0.118. The van der Waals surface area contributed by atoms with E-state index in [1.807, 2.05) is 0 Å². The standard InChI is InChI=1S/C20H21F2N3O2S/c1-2-19(26)25-17-5-3-4-6-18(17)27-12-14(9-10-23)28-20(24-25)15-11-13(21)7-8-16(15)22/h3-8,11,14H,2,9-10,12,23H2,1H3/b24-20-/t14-/m1/s1. The Labute approximate surface area is 166 Å². The normalized spacial score (nSPS) is 18.8. The van der Waals surface area contributed by atoms with Crippen molar-refractivity contribution in [3.63, 3.8) is 0 Å². The van der Waals surface area contributed by atoms with Crippen LogP contribution in [0.1, 0.15) is 25.3 Å². The number of benzene rings is 2. The number of para-hydroxylation sites is 2. The van der Waals surface area contributed by atoms with Crippen molar-refractivity contribution < 1.29 is 18.3 Å². The van der Waals surface area contributed by atoms with Crippen molar-refractivity contribution in [3.8, 4) is 5.75 Å². The molecule has 0 saturated heterocycles. The number of halogens is 2. The summed E-state index contributed by atoms with van der Waals surface area (Å²) in [6, 6.07) is 10.2. The molecule has 1 aliphatic heterocycles. The van der Waals surface area contributed by atoms with Crippen LogP contribution in [0.3, 0.4) is 0 Å². The number of anilines is 1. The smallest absolute Gasteiger partial charge is 0.247 e. The predicted molar refractivity (Wildman–Crippen MR) is 108 cm³/mol. The molecular weight excluding hydrogens is 384 g/mol. The number of nitrogens with zero attached hydrogens (tertiary/aromatic N) is 2. The van der Waals surface area contributed by atoms with Crippen LogP contribution >= 0.6 is 11.8 Å². The van der Waals surface area contributed by atoms with Gasteiger partial charge in [-0.15, -0.1) is 0 Å². The lowest BCUT2D eigenvalue weighted by Gasteiger charge is -2.20. The zero-order valence-corrected chi connectivity index (χ0v) is 16.2. The average molecular weight is 405 g/mol. The number of carbonyl (C=O) groups excluding carboxylic acids is 1. The Bertz CT molecular complexity index is 892. The highest BCUT2D eigenvalue weighted by molar-refractivity contribution is 8.15. The van der Waals surface area contributed by atoms with Crippen LogP contribution < -0.4 is 15.5 Å². The third-order valence-corrected chi connectivity index (χ3v) is 5.40. The van der Waals surface area contributed by atoms with E-state index in [0.29, 0.717) is 31.0 Å². The van der Waals surface area contributed by atoms with Crippen molar-refractivity contribution in [1.82, 2.24) is 0 Å². The molecule has 148 valence electrons. The summed E-state index contributed by atoms with van der Waals surface area (Å²) in [6.07, 6.45) is 0.776. The molecule has 5 nitrogen and oxygen atoms in total. The molecule has 1 amide bonds. The number of ether oxygens (including phenoxy) is 1. The van der Waals surface area contributed by atoms with E-state index in [9.17, 15) is 13.6 Å². The van der Waals surface area contributed by atoms with Gasteiger partial charge in [0.2, 0.25) is 5.91 Å². The lowest BCUT2D eigenvalue weighted by Crippen LogP contribution is -2.26. The number of hydrazone groups is 1. The van der Waals surface area contributed by atoms with Crippen LogP contribution in [-0.4, -0.2) is 29.4 Å². The second-order valence-electron chi connectivity index (χ2n) is 6.18. The van der Waals surface area contributed by atoms with Crippen molar-refractivity contribution in [1.29, 1.82) is 0 Å². The number of nitrogens with two attached hydrogens (primary N) is 1. The van der Waals surface area contributed by atoms with Gasteiger partial charge < -0.3 is 10.5 Å². The molecule has 0 spiro atoms. The van der Waals surface area contributed by atoms with Gasteiger partial charge in [0.25, 0.3) is 0 Å². The zero-order chi connectivity index (χ0) is 20.1. The van der Waals surface area contributed by atoms with Crippen molar-refractivity contribution in [3.05, 3.63) is 59.7 Å². The average Bonchev–Trinajstić information content (AvgIpc) is 2.78. The Hall–Kier alpha value is -2.45. The lowest BCUT2D eigenvalue weighted by atomic mass is 10.2. The summed E-state index contributed by atoms with van der Waals surface area (Å²) in [5, 5.41) is 5.71. The van der Waals surface area contributed by atoms with Gasteiger partial charge in [-0.25, -0.2) is 8.78 Å². The van der Waals surface area contributed by atoms with Gasteiger partial charge in [-0.3, -0.25) is 4.79 Å². The minimum atomic E-state index is -0.614. The third-order valence-electron chi connectivity index (χ3n) is 4.17. The molecule has 0 aliphatic carbocycles. The van der Waals surface area contributed by atoms with E-state index in [-0.39, 0.29) is 28.2 Å². The monoisotopic (exact) mass is 405 g/mol.